The highest BCUT2D eigenvalue weighted by molar-refractivity contribution is 5.35. The third kappa shape index (κ3) is 2.61. The maximum atomic E-state index is 3.67. The van der Waals surface area contributed by atoms with Crippen LogP contribution in [0.1, 0.15) is 49.3 Å². The molecule has 0 spiro atoms. The summed E-state index contributed by atoms with van der Waals surface area (Å²) in [4.78, 5) is 0. The van der Waals surface area contributed by atoms with Gasteiger partial charge < -0.3 is 5.32 Å². The van der Waals surface area contributed by atoms with Gasteiger partial charge >= 0.3 is 0 Å². The zero-order valence-corrected chi connectivity index (χ0v) is 11.5. The molecule has 1 nitrogen and oxygen atoms in total. The molecule has 3 rings (SSSR count). The second-order valence-corrected chi connectivity index (χ2v) is 6.26. The highest BCUT2D eigenvalue weighted by atomic mass is 14.9. The van der Waals surface area contributed by atoms with Gasteiger partial charge in [0.25, 0.3) is 0 Å². The van der Waals surface area contributed by atoms with Gasteiger partial charge in [-0.3, -0.25) is 0 Å². The molecule has 1 aromatic rings. The Hall–Kier alpha value is -0.820. The van der Waals surface area contributed by atoms with Gasteiger partial charge in [0.2, 0.25) is 0 Å². The van der Waals surface area contributed by atoms with E-state index in [9.17, 15) is 0 Å². The zero-order valence-electron chi connectivity index (χ0n) is 11.5. The van der Waals surface area contributed by atoms with E-state index in [0.717, 1.165) is 18.4 Å². The van der Waals surface area contributed by atoms with Crippen molar-refractivity contribution in [2.24, 2.45) is 11.8 Å². The highest BCUT2D eigenvalue weighted by Crippen LogP contribution is 2.30. The lowest BCUT2D eigenvalue weighted by Crippen LogP contribution is -2.24. The molecule has 1 fully saturated rings. The molecule has 18 heavy (non-hydrogen) atoms. The normalized spacial score (nSPS) is 26.5. The minimum atomic E-state index is 0.916. The lowest BCUT2D eigenvalue weighted by Gasteiger charge is -2.16. The predicted octanol–water partition coefficient (Wildman–Crippen LogP) is 3.70. The van der Waals surface area contributed by atoms with E-state index < -0.39 is 0 Å². The second kappa shape index (κ2) is 5.44. The Bertz CT molecular complexity index is 410. The van der Waals surface area contributed by atoms with Crippen LogP contribution in [0.25, 0.3) is 0 Å². The van der Waals surface area contributed by atoms with Crippen LogP contribution in [0.2, 0.25) is 0 Å². The molecule has 0 radical (unpaired) electrons. The molecular formula is C17H25N. The molecule has 0 bridgehead atoms. The van der Waals surface area contributed by atoms with E-state index >= 15 is 0 Å². The van der Waals surface area contributed by atoms with Crippen LogP contribution in [-0.4, -0.2) is 6.54 Å². The van der Waals surface area contributed by atoms with Crippen molar-refractivity contribution in [3.63, 3.8) is 0 Å². The van der Waals surface area contributed by atoms with Gasteiger partial charge in [0.15, 0.2) is 0 Å². The summed E-state index contributed by atoms with van der Waals surface area (Å²) in [7, 11) is 0. The third-order valence-corrected chi connectivity index (χ3v) is 4.94. The number of rotatable bonds is 4. The maximum Gasteiger partial charge on any atom is 0.0205 e. The van der Waals surface area contributed by atoms with Crippen LogP contribution in [0.4, 0.5) is 0 Å². The van der Waals surface area contributed by atoms with Gasteiger partial charge in [0.05, 0.1) is 0 Å². The molecule has 1 N–H and O–H groups in total. The standard InChI is InChI=1S/C17H25N/c1-13-4-2-7-17(13)12-18-11-14-8-9-15-5-3-6-16(15)10-14/h8-10,13,17-18H,2-7,11-12H2,1H3. The van der Waals surface area contributed by atoms with Crippen molar-refractivity contribution in [1.82, 2.24) is 5.32 Å². The number of benzene rings is 1. The molecule has 2 aliphatic rings. The summed E-state index contributed by atoms with van der Waals surface area (Å²) in [6.07, 6.45) is 8.24. The quantitative estimate of drug-likeness (QED) is 0.850. The highest BCUT2D eigenvalue weighted by Gasteiger charge is 2.22. The van der Waals surface area contributed by atoms with Crippen LogP contribution in [0.5, 0.6) is 0 Å². The summed E-state index contributed by atoms with van der Waals surface area (Å²) >= 11 is 0. The second-order valence-electron chi connectivity index (χ2n) is 6.26. The molecule has 1 aromatic carbocycles. The van der Waals surface area contributed by atoms with Crippen LogP contribution in [0.3, 0.4) is 0 Å². The Morgan fingerprint density at radius 1 is 1.11 bits per heavy atom. The van der Waals surface area contributed by atoms with E-state index in [-0.39, 0.29) is 0 Å². The first-order chi connectivity index (χ1) is 8.83. The van der Waals surface area contributed by atoms with Crippen molar-refractivity contribution in [3.05, 3.63) is 34.9 Å². The molecule has 0 aliphatic heterocycles. The average molecular weight is 243 g/mol. The molecule has 0 aromatic heterocycles. The minimum Gasteiger partial charge on any atom is -0.312 e. The first-order valence-electron chi connectivity index (χ1n) is 7.64. The van der Waals surface area contributed by atoms with Crippen LogP contribution >= 0.6 is 0 Å². The van der Waals surface area contributed by atoms with Crippen LogP contribution < -0.4 is 5.32 Å². The third-order valence-electron chi connectivity index (χ3n) is 4.94. The number of nitrogens with one attached hydrogen (secondary N) is 1. The Balaban J connectivity index is 1.51. The first kappa shape index (κ1) is 12.2. The van der Waals surface area contributed by atoms with E-state index in [1.807, 2.05) is 0 Å². The van der Waals surface area contributed by atoms with Crippen molar-refractivity contribution >= 4 is 0 Å². The topological polar surface area (TPSA) is 12.0 Å². The van der Waals surface area contributed by atoms with Gasteiger partial charge in [-0.15, -0.1) is 0 Å². The fraction of sp³-hybridized carbons (Fsp3) is 0.647. The van der Waals surface area contributed by atoms with E-state index in [2.05, 4.69) is 30.4 Å². The van der Waals surface area contributed by atoms with Gasteiger partial charge in [-0.2, -0.15) is 0 Å². The summed E-state index contributed by atoms with van der Waals surface area (Å²) in [5.41, 5.74) is 4.66. The summed E-state index contributed by atoms with van der Waals surface area (Å²) in [5.74, 6) is 1.84. The molecule has 0 saturated heterocycles. The molecule has 0 amide bonds. The molecule has 0 heterocycles. The van der Waals surface area contributed by atoms with Gasteiger partial charge in [-0.25, -0.2) is 0 Å². The first-order valence-corrected chi connectivity index (χ1v) is 7.64. The zero-order chi connectivity index (χ0) is 12.4. The van der Waals surface area contributed by atoms with Gasteiger partial charge in [0.1, 0.15) is 0 Å². The maximum absolute atomic E-state index is 3.67. The molecule has 2 unspecified atom stereocenters. The SMILES string of the molecule is CC1CCCC1CNCc1ccc2c(c1)CCC2. The molecule has 2 aliphatic carbocycles. The fourth-order valence-electron chi connectivity index (χ4n) is 3.66. The average Bonchev–Trinajstić information content (AvgIpc) is 2.98. The van der Waals surface area contributed by atoms with Crippen molar-refractivity contribution in [1.29, 1.82) is 0 Å². The van der Waals surface area contributed by atoms with E-state index in [1.54, 1.807) is 11.1 Å². The minimum absolute atomic E-state index is 0.916. The lowest BCUT2D eigenvalue weighted by molar-refractivity contribution is 0.392. The number of fused-ring (bicyclic) bond motifs is 1. The summed E-state index contributed by atoms with van der Waals surface area (Å²) in [6, 6.07) is 7.08. The fourth-order valence-corrected chi connectivity index (χ4v) is 3.66. The Kier molecular flexibility index (Phi) is 3.69. The Morgan fingerprint density at radius 2 is 2.00 bits per heavy atom. The van der Waals surface area contributed by atoms with Crippen LogP contribution in [-0.2, 0) is 19.4 Å². The number of hydrogen-bond donors (Lipinski definition) is 1. The van der Waals surface area contributed by atoms with Gasteiger partial charge in [-0.1, -0.05) is 38.0 Å². The van der Waals surface area contributed by atoms with Gasteiger partial charge in [0, 0.05) is 6.54 Å². The summed E-state index contributed by atoms with van der Waals surface area (Å²) < 4.78 is 0. The smallest absolute Gasteiger partial charge is 0.0205 e. The van der Waals surface area contributed by atoms with Gasteiger partial charge in [-0.05, 0) is 60.8 Å². The molecule has 1 saturated carbocycles. The molecular weight excluding hydrogens is 218 g/mol. The Labute approximate surface area is 111 Å². The van der Waals surface area contributed by atoms with Crippen molar-refractivity contribution in [2.45, 2.75) is 52.0 Å². The van der Waals surface area contributed by atoms with E-state index in [4.69, 9.17) is 0 Å². The summed E-state index contributed by atoms with van der Waals surface area (Å²) in [6.45, 7) is 4.67. The van der Waals surface area contributed by atoms with Crippen LogP contribution in [0, 0.1) is 11.8 Å². The largest absolute Gasteiger partial charge is 0.312 e. The van der Waals surface area contributed by atoms with Crippen molar-refractivity contribution < 1.29 is 0 Å². The lowest BCUT2D eigenvalue weighted by atomic mass is 9.98. The molecule has 1 heteroatoms. The number of hydrogen-bond acceptors (Lipinski definition) is 1. The number of aryl methyl sites for hydroxylation is 2. The Morgan fingerprint density at radius 3 is 2.83 bits per heavy atom. The predicted molar refractivity (Wildman–Crippen MR) is 76.7 cm³/mol. The molecule has 98 valence electrons. The van der Waals surface area contributed by atoms with Crippen molar-refractivity contribution in [3.8, 4) is 0 Å². The summed E-state index contributed by atoms with van der Waals surface area (Å²) in [5, 5.41) is 3.67. The monoisotopic (exact) mass is 243 g/mol. The van der Waals surface area contributed by atoms with E-state index in [1.165, 1.54) is 50.6 Å². The van der Waals surface area contributed by atoms with E-state index in [0.29, 0.717) is 0 Å². The van der Waals surface area contributed by atoms with Crippen molar-refractivity contribution in [2.75, 3.05) is 6.54 Å². The van der Waals surface area contributed by atoms with Crippen LogP contribution in [0.15, 0.2) is 18.2 Å². The molecule has 2 atom stereocenters.